The summed E-state index contributed by atoms with van der Waals surface area (Å²) in [5.41, 5.74) is 0.826. The third-order valence-corrected chi connectivity index (χ3v) is 3.47. The number of anilines is 1. The normalized spacial score (nSPS) is 12.4. The second-order valence-electron chi connectivity index (χ2n) is 3.61. The zero-order chi connectivity index (χ0) is 13.0. The molecule has 0 saturated carbocycles. The largest absolute Gasteiger partial charge is 0.394 e. The second kappa shape index (κ2) is 6.10. The number of rotatable bonds is 5. The Bertz CT molecular complexity index is 520. The lowest BCUT2D eigenvalue weighted by Crippen LogP contribution is -2.22. The van der Waals surface area contributed by atoms with Crippen LogP contribution >= 0.6 is 22.9 Å². The molecule has 7 heteroatoms. The molecule has 1 heterocycles. The zero-order valence-electron chi connectivity index (χ0n) is 9.38. The topological polar surface area (TPSA) is 78.3 Å². The van der Waals surface area contributed by atoms with E-state index in [0.717, 1.165) is 5.56 Å². The van der Waals surface area contributed by atoms with E-state index in [1.165, 1.54) is 11.3 Å². The van der Waals surface area contributed by atoms with Crippen LogP contribution in [-0.4, -0.2) is 39.7 Å². The maximum atomic E-state index is 9.21. The Labute approximate surface area is 113 Å². The number of aliphatic hydroxyl groups excluding tert-OH is 2. The van der Waals surface area contributed by atoms with E-state index in [1.54, 1.807) is 6.07 Å². The van der Waals surface area contributed by atoms with Crippen LogP contribution in [0.4, 0.5) is 5.13 Å². The van der Waals surface area contributed by atoms with Crippen LogP contribution in [0.1, 0.15) is 0 Å². The predicted molar refractivity (Wildman–Crippen MR) is 71.9 cm³/mol. The molecule has 1 aromatic heterocycles. The number of hydrogen-bond acceptors (Lipinski definition) is 6. The molecule has 0 spiro atoms. The fraction of sp³-hybridized carbons (Fsp3) is 0.273. The van der Waals surface area contributed by atoms with Crippen molar-refractivity contribution in [3.05, 3.63) is 29.3 Å². The molecule has 0 aliphatic carbocycles. The van der Waals surface area contributed by atoms with Gasteiger partial charge in [0.15, 0.2) is 5.01 Å². The van der Waals surface area contributed by atoms with Gasteiger partial charge in [0.1, 0.15) is 0 Å². The molecule has 96 valence electrons. The van der Waals surface area contributed by atoms with E-state index in [0.29, 0.717) is 15.2 Å². The van der Waals surface area contributed by atoms with Gasteiger partial charge in [-0.25, -0.2) is 0 Å². The van der Waals surface area contributed by atoms with Crippen LogP contribution in [-0.2, 0) is 0 Å². The van der Waals surface area contributed by atoms with Crippen LogP contribution in [0.3, 0.4) is 0 Å². The average molecular weight is 286 g/mol. The summed E-state index contributed by atoms with van der Waals surface area (Å²) in [6.07, 6.45) is -0.808. The van der Waals surface area contributed by atoms with Gasteiger partial charge in [-0.2, -0.15) is 0 Å². The third kappa shape index (κ3) is 3.17. The summed E-state index contributed by atoms with van der Waals surface area (Å²) in [5.74, 6) is 0. The summed E-state index contributed by atoms with van der Waals surface area (Å²) in [4.78, 5) is 0. The van der Waals surface area contributed by atoms with Crippen molar-refractivity contribution in [1.29, 1.82) is 0 Å². The SMILES string of the molecule is OCC(O)CNc1nnc(-c2ccccc2Cl)s1. The number of nitrogens with one attached hydrogen (secondary N) is 1. The molecule has 1 atom stereocenters. The molecule has 18 heavy (non-hydrogen) atoms. The van der Waals surface area contributed by atoms with Crippen LogP contribution in [0.15, 0.2) is 24.3 Å². The molecule has 0 amide bonds. The molecule has 0 fully saturated rings. The maximum absolute atomic E-state index is 9.21. The van der Waals surface area contributed by atoms with Crippen molar-refractivity contribution in [2.75, 3.05) is 18.5 Å². The van der Waals surface area contributed by atoms with Crippen molar-refractivity contribution in [3.63, 3.8) is 0 Å². The molecule has 0 saturated heterocycles. The highest BCUT2D eigenvalue weighted by molar-refractivity contribution is 7.18. The Morgan fingerprint density at radius 3 is 2.83 bits per heavy atom. The van der Waals surface area contributed by atoms with Crippen molar-refractivity contribution in [2.45, 2.75) is 6.10 Å². The van der Waals surface area contributed by atoms with Gasteiger partial charge in [-0.1, -0.05) is 41.1 Å². The molecule has 1 unspecified atom stereocenters. The van der Waals surface area contributed by atoms with Gasteiger partial charge in [-0.15, -0.1) is 10.2 Å². The van der Waals surface area contributed by atoms with Gasteiger partial charge in [-0.3, -0.25) is 0 Å². The van der Waals surface area contributed by atoms with Crippen molar-refractivity contribution in [3.8, 4) is 10.6 Å². The van der Waals surface area contributed by atoms with Crippen LogP contribution in [0.5, 0.6) is 0 Å². The number of hydrogen-bond donors (Lipinski definition) is 3. The monoisotopic (exact) mass is 285 g/mol. The highest BCUT2D eigenvalue weighted by Crippen LogP contribution is 2.31. The molecular formula is C11H12ClN3O2S. The number of aliphatic hydroxyl groups is 2. The summed E-state index contributed by atoms with van der Waals surface area (Å²) in [5, 5.41) is 30.7. The van der Waals surface area contributed by atoms with Gasteiger partial charge in [0.25, 0.3) is 0 Å². The fourth-order valence-electron chi connectivity index (χ4n) is 1.31. The molecule has 0 aliphatic heterocycles. The second-order valence-corrected chi connectivity index (χ2v) is 4.99. The smallest absolute Gasteiger partial charge is 0.206 e. The summed E-state index contributed by atoms with van der Waals surface area (Å²) in [7, 11) is 0. The van der Waals surface area contributed by atoms with E-state index in [9.17, 15) is 5.11 Å². The fourth-order valence-corrected chi connectivity index (χ4v) is 2.38. The van der Waals surface area contributed by atoms with Gasteiger partial charge in [0, 0.05) is 12.1 Å². The minimum atomic E-state index is -0.808. The Balaban J connectivity index is 2.09. The molecule has 1 aromatic carbocycles. The minimum Gasteiger partial charge on any atom is -0.394 e. The number of nitrogens with zero attached hydrogens (tertiary/aromatic N) is 2. The number of halogens is 1. The first kappa shape index (κ1) is 13.2. The minimum absolute atomic E-state index is 0.230. The van der Waals surface area contributed by atoms with Crippen molar-refractivity contribution in [1.82, 2.24) is 10.2 Å². The molecule has 0 bridgehead atoms. The summed E-state index contributed by atoms with van der Waals surface area (Å²) in [6, 6.07) is 7.39. The van der Waals surface area contributed by atoms with Gasteiger partial charge < -0.3 is 15.5 Å². The molecule has 2 aromatic rings. The van der Waals surface area contributed by atoms with Gasteiger partial charge in [-0.05, 0) is 6.07 Å². The average Bonchev–Trinajstić information content (AvgIpc) is 2.85. The molecule has 2 rings (SSSR count). The van der Waals surface area contributed by atoms with Gasteiger partial charge in [0.2, 0.25) is 5.13 Å². The van der Waals surface area contributed by atoms with Crippen LogP contribution in [0.2, 0.25) is 5.02 Å². The lowest BCUT2D eigenvalue weighted by molar-refractivity contribution is 0.105. The molecule has 0 aliphatic rings. The van der Waals surface area contributed by atoms with E-state index in [1.807, 2.05) is 18.2 Å². The molecule has 3 N–H and O–H groups in total. The lowest BCUT2D eigenvalue weighted by Gasteiger charge is -2.06. The van der Waals surface area contributed by atoms with Crippen LogP contribution in [0, 0.1) is 0 Å². The quantitative estimate of drug-likeness (QED) is 0.778. The highest BCUT2D eigenvalue weighted by atomic mass is 35.5. The zero-order valence-corrected chi connectivity index (χ0v) is 10.9. The summed E-state index contributed by atoms with van der Waals surface area (Å²) >= 11 is 7.41. The van der Waals surface area contributed by atoms with Crippen molar-refractivity contribution >= 4 is 28.1 Å². The van der Waals surface area contributed by atoms with Gasteiger partial charge in [0.05, 0.1) is 17.7 Å². The van der Waals surface area contributed by atoms with E-state index >= 15 is 0 Å². The van der Waals surface area contributed by atoms with E-state index in [4.69, 9.17) is 16.7 Å². The van der Waals surface area contributed by atoms with E-state index in [2.05, 4.69) is 15.5 Å². The molecule has 5 nitrogen and oxygen atoms in total. The Morgan fingerprint density at radius 1 is 1.33 bits per heavy atom. The molecular weight excluding hydrogens is 274 g/mol. The van der Waals surface area contributed by atoms with Gasteiger partial charge >= 0.3 is 0 Å². The summed E-state index contributed by atoms with van der Waals surface area (Å²) in [6.45, 7) is -0.0587. The van der Waals surface area contributed by atoms with Crippen LogP contribution in [0.25, 0.3) is 10.6 Å². The Hall–Kier alpha value is -1.21. The number of aromatic nitrogens is 2. The molecule has 0 radical (unpaired) electrons. The highest BCUT2D eigenvalue weighted by Gasteiger charge is 2.10. The first-order chi connectivity index (χ1) is 8.70. The van der Waals surface area contributed by atoms with Crippen molar-refractivity contribution < 1.29 is 10.2 Å². The first-order valence-corrected chi connectivity index (χ1v) is 6.51. The third-order valence-electron chi connectivity index (χ3n) is 2.23. The van der Waals surface area contributed by atoms with E-state index in [-0.39, 0.29) is 13.2 Å². The summed E-state index contributed by atoms with van der Waals surface area (Å²) < 4.78 is 0. The predicted octanol–water partition coefficient (Wildman–Crippen LogP) is 1.62. The van der Waals surface area contributed by atoms with Crippen LogP contribution < -0.4 is 5.32 Å². The first-order valence-electron chi connectivity index (χ1n) is 5.32. The maximum Gasteiger partial charge on any atom is 0.206 e. The lowest BCUT2D eigenvalue weighted by atomic mass is 10.2. The standard InChI is InChI=1S/C11H12ClN3O2S/c12-9-4-2-1-3-8(9)10-14-15-11(18-10)13-5-7(17)6-16/h1-4,7,16-17H,5-6H2,(H,13,15). The van der Waals surface area contributed by atoms with Crippen molar-refractivity contribution in [2.24, 2.45) is 0 Å². The Morgan fingerprint density at radius 2 is 2.11 bits per heavy atom. The Kier molecular flexibility index (Phi) is 4.48. The number of benzene rings is 1. The van der Waals surface area contributed by atoms with E-state index < -0.39 is 6.10 Å².